The molecule has 0 N–H and O–H groups in total. The Kier molecular flexibility index (Phi) is 2.37. The van der Waals surface area contributed by atoms with Gasteiger partial charge in [0.05, 0.1) is 0 Å². The summed E-state index contributed by atoms with van der Waals surface area (Å²) >= 11 is 0. The van der Waals surface area contributed by atoms with Crippen LogP contribution < -0.4 is 0 Å². The molecule has 2 fully saturated rings. The molecular formula is C10H19N2. The van der Waals surface area contributed by atoms with Crippen LogP contribution in [-0.4, -0.2) is 49.1 Å². The van der Waals surface area contributed by atoms with Crippen molar-refractivity contribution in [1.82, 2.24) is 9.80 Å². The summed E-state index contributed by atoms with van der Waals surface area (Å²) in [6, 6.07) is 0.821. The van der Waals surface area contributed by atoms with Crippen molar-refractivity contribution in [3.63, 3.8) is 0 Å². The van der Waals surface area contributed by atoms with Gasteiger partial charge in [-0.25, -0.2) is 0 Å². The van der Waals surface area contributed by atoms with Crippen LogP contribution in [0.1, 0.15) is 12.8 Å². The second kappa shape index (κ2) is 3.35. The van der Waals surface area contributed by atoms with E-state index in [0.717, 1.165) is 18.5 Å². The van der Waals surface area contributed by atoms with Crippen molar-refractivity contribution in [2.75, 3.05) is 33.2 Å². The lowest BCUT2D eigenvalue weighted by atomic mass is 9.92. The summed E-state index contributed by atoms with van der Waals surface area (Å²) < 4.78 is 0. The molecule has 0 amide bonds. The summed E-state index contributed by atoms with van der Waals surface area (Å²) in [5.41, 5.74) is 0. The number of hydrogen-bond donors (Lipinski definition) is 0. The highest BCUT2D eigenvalue weighted by Crippen LogP contribution is 2.29. The van der Waals surface area contributed by atoms with Crippen molar-refractivity contribution in [3.05, 3.63) is 6.92 Å². The van der Waals surface area contributed by atoms with Crippen LogP contribution >= 0.6 is 0 Å². The van der Waals surface area contributed by atoms with Crippen molar-refractivity contribution in [3.8, 4) is 0 Å². The maximum absolute atomic E-state index is 4.00. The van der Waals surface area contributed by atoms with E-state index in [1.807, 2.05) is 0 Å². The Hall–Kier alpha value is -0.0800. The van der Waals surface area contributed by atoms with Crippen molar-refractivity contribution in [2.24, 2.45) is 5.92 Å². The minimum absolute atomic E-state index is 0.821. The van der Waals surface area contributed by atoms with Crippen LogP contribution in [-0.2, 0) is 0 Å². The zero-order valence-corrected chi connectivity index (χ0v) is 8.00. The fraction of sp³-hybridized carbons (Fsp3) is 0.900. The van der Waals surface area contributed by atoms with E-state index in [0.29, 0.717) is 0 Å². The first-order valence-corrected chi connectivity index (χ1v) is 5.03. The molecule has 2 aliphatic rings. The molecule has 0 aromatic rings. The fourth-order valence-electron chi connectivity index (χ4n) is 2.76. The topological polar surface area (TPSA) is 6.48 Å². The molecule has 2 atom stereocenters. The number of hydrogen-bond acceptors (Lipinski definition) is 2. The van der Waals surface area contributed by atoms with Gasteiger partial charge in [0.15, 0.2) is 0 Å². The molecule has 2 unspecified atom stereocenters. The van der Waals surface area contributed by atoms with Gasteiger partial charge in [-0.15, -0.1) is 0 Å². The largest absolute Gasteiger partial charge is 0.304 e. The summed E-state index contributed by atoms with van der Waals surface area (Å²) in [7, 11) is 2.24. The van der Waals surface area contributed by atoms with E-state index in [2.05, 4.69) is 23.8 Å². The van der Waals surface area contributed by atoms with Gasteiger partial charge in [0.2, 0.25) is 0 Å². The fourth-order valence-corrected chi connectivity index (χ4v) is 2.76. The van der Waals surface area contributed by atoms with Crippen molar-refractivity contribution in [2.45, 2.75) is 18.9 Å². The number of nitrogens with zero attached hydrogens (tertiary/aromatic N) is 2. The normalized spacial score (nSPS) is 38.5. The van der Waals surface area contributed by atoms with Crippen LogP contribution in [0.2, 0.25) is 0 Å². The molecule has 0 saturated carbocycles. The minimum Gasteiger partial charge on any atom is -0.304 e. The second-order valence-electron chi connectivity index (χ2n) is 4.23. The maximum Gasteiger partial charge on any atom is 0.0263 e. The van der Waals surface area contributed by atoms with E-state index in [4.69, 9.17) is 0 Å². The third kappa shape index (κ3) is 1.38. The third-order valence-electron chi connectivity index (χ3n) is 3.37. The molecular weight excluding hydrogens is 148 g/mol. The van der Waals surface area contributed by atoms with Gasteiger partial charge in [-0.2, -0.15) is 0 Å². The molecule has 12 heavy (non-hydrogen) atoms. The average Bonchev–Trinajstić information content (AvgIpc) is 2.44. The van der Waals surface area contributed by atoms with E-state index in [-0.39, 0.29) is 0 Å². The van der Waals surface area contributed by atoms with E-state index in [9.17, 15) is 0 Å². The average molecular weight is 167 g/mol. The molecule has 2 heterocycles. The highest BCUT2D eigenvalue weighted by molar-refractivity contribution is 4.92. The summed E-state index contributed by atoms with van der Waals surface area (Å²) in [5, 5.41) is 0. The van der Waals surface area contributed by atoms with E-state index in [1.165, 1.54) is 32.5 Å². The van der Waals surface area contributed by atoms with Crippen LogP contribution in [0.25, 0.3) is 0 Å². The summed E-state index contributed by atoms with van der Waals surface area (Å²) in [5.74, 6) is 0.936. The molecule has 2 nitrogen and oxygen atoms in total. The maximum atomic E-state index is 4.00. The molecule has 2 rings (SSSR count). The van der Waals surface area contributed by atoms with Gasteiger partial charge < -0.3 is 4.90 Å². The number of likely N-dealkylation sites (tertiary alicyclic amines) is 2. The van der Waals surface area contributed by atoms with Gasteiger partial charge in [-0.05, 0) is 45.8 Å². The lowest BCUT2D eigenvalue weighted by Gasteiger charge is -2.36. The molecule has 0 aromatic carbocycles. The van der Waals surface area contributed by atoms with Gasteiger partial charge in [0.1, 0.15) is 0 Å². The van der Waals surface area contributed by atoms with Gasteiger partial charge in [0, 0.05) is 19.1 Å². The second-order valence-corrected chi connectivity index (χ2v) is 4.23. The number of piperidine rings is 1. The molecule has 2 saturated heterocycles. The predicted octanol–water partition coefficient (Wildman–Crippen LogP) is 0.846. The SMILES string of the molecule is [CH2]CN1CCCC2CN(C)CC21. The predicted molar refractivity (Wildman–Crippen MR) is 50.9 cm³/mol. The molecule has 0 aliphatic carbocycles. The quantitative estimate of drug-likeness (QED) is 0.571. The van der Waals surface area contributed by atoms with Crippen molar-refractivity contribution in [1.29, 1.82) is 0 Å². The lowest BCUT2D eigenvalue weighted by molar-refractivity contribution is 0.138. The number of likely N-dealkylation sites (N-methyl/N-ethyl adjacent to an activating group) is 1. The Bertz CT molecular complexity index is 152. The van der Waals surface area contributed by atoms with Crippen LogP contribution in [0.5, 0.6) is 0 Å². The molecule has 1 radical (unpaired) electrons. The Morgan fingerprint density at radius 1 is 1.42 bits per heavy atom. The van der Waals surface area contributed by atoms with Gasteiger partial charge in [-0.3, -0.25) is 4.90 Å². The smallest absolute Gasteiger partial charge is 0.0263 e. The highest BCUT2D eigenvalue weighted by Gasteiger charge is 2.36. The zero-order valence-electron chi connectivity index (χ0n) is 8.00. The Labute approximate surface area is 75.5 Å². The standard InChI is InChI=1S/C10H19N2/c1-3-12-6-4-5-9-7-11(2)8-10(9)12/h9-10H,1,3-8H2,2H3. The van der Waals surface area contributed by atoms with E-state index in [1.54, 1.807) is 0 Å². The summed E-state index contributed by atoms with van der Waals surface area (Å²) in [4.78, 5) is 5.01. The summed E-state index contributed by atoms with van der Waals surface area (Å²) in [6.45, 7) is 8.84. The molecule has 0 aromatic heterocycles. The van der Waals surface area contributed by atoms with E-state index >= 15 is 0 Å². The van der Waals surface area contributed by atoms with E-state index < -0.39 is 0 Å². The first-order chi connectivity index (χ1) is 5.81. The van der Waals surface area contributed by atoms with Crippen molar-refractivity contribution >= 4 is 0 Å². The van der Waals surface area contributed by atoms with Crippen LogP contribution in [0.15, 0.2) is 0 Å². The number of rotatable bonds is 1. The molecule has 69 valence electrons. The van der Waals surface area contributed by atoms with Gasteiger partial charge >= 0.3 is 0 Å². The number of fused-ring (bicyclic) bond motifs is 1. The lowest BCUT2D eigenvalue weighted by Crippen LogP contribution is -2.44. The zero-order chi connectivity index (χ0) is 8.55. The third-order valence-corrected chi connectivity index (χ3v) is 3.37. The molecule has 2 aliphatic heterocycles. The van der Waals surface area contributed by atoms with Gasteiger partial charge in [-0.1, -0.05) is 0 Å². The van der Waals surface area contributed by atoms with Crippen LogP contribution in [0, 0.1) is 12.8 Å². The first kappa shape index (κ1) is 8.52. The van der Waals surface area contributed by atoms with Crippen LogP contribution in [0.4, 0.5) is 0 Å². The van der Waals surface area contributed by atoms with Crippen molar-refractivity contribution < 1.29 is 0 Å². The first-order valence-electron chi connectivity index (χ1n) is 5.03. The molecule has 0 spiro atoms. The highest BCUT2D eigenvalue weighted by atomic mass is 15.3. The summed E-state index contributed by atoms with van der Waals surface area (Å²) in [6.07, 6.45) is 2.82. The van der Waals surface area contributed by atoms with Gasteiger partial charge in [0.25, 0.3) is 0 Å². The monoisotopic (exact) mass is 167 g/mol. The Morgan fingerprint density at radius 3 is 3.00 bits per heavy atom. The van der Waals surface area contributed by atoms with Crippen LogP contribution in [0.3, 0.4) is 0 Å². The Morgan fingerprint density at radius 2 is 2.25 bits per heavy atom. The molecule has 0 bridgehead atoms. The minimum atomic E-state index is 0.821. The Balaban J connectivity index is 2.02. The molecule has 2 heteroatoms.